The third-order valence-corrected chi connectivity index (χ3v) is 5.24. The Labute approximate surface area is 151 Å². The first-order valence-corrected chi connectivity index (χ1v) is 9.14. The van der Waals surface area contributed by atoms with Crippen molar-refractivity contribution in [3.8, 4) is 0 Å². The van der Waals surface area contributed by atoms with Crippen molar-refractivity contribution < 1.29 is 13.6 Å². The Hall–Kier alpha value is -2.32. The predicted molar refractivity (Wildman–Crippen MR) is 94.6 cm³/mol. The number of aromatic nitrogens is 2. The summed E-state index contributed by atoms with van der Waals surface area (Å²) in [4.78, 5) is 12.0. The van der Waals surface area contributed by atoms with E-state index in [2.05, 4.69) is 15.5 Å². The van der Waals surface area contributed by atoms with Gasteiger partial charge in [0.1, 0.15) is 11.6 Å². The summed E-state index contributed by atoms with van der Waals surface area (Å²) >= 11 is 2.43. The number of nitrogens with one attached hydrogen (secondary N) is 1. The third kappa shape index (κ3) is 5.07. The summed E-state index contributed by atoms with van der Waals surface area (Å²) in [6.45, 7) is 0. The fourth-order valence-electron chi connectivity index (χ4n) is 2.06. The van der Waals surface area contributed by atoms with Gasteiger partial charge in [-0.15, -0.1) is 10.2 Å². The molecule has 0 aliphatic carbocycles. The smallest absolute Gasteiger partial charge is 0.230 e. The lowest BCUT2D eigenvalue weighted by atomic mass is 10.1. The maximum Gasteiger partial charge on any atom is 0.230 e. The number of hydrogen-bond donors (Lipinski definition) is 1. The molecule has 2 aromatic carbocycles. The van der Waals surface area contributed by atoms with Crippen molar-refractivity contribution in [1.29, 1.82) is 0 Å². The van der Waals surface area contributed by atoms with Gasteiger partial charge in [0.15, 0.2) is 4.34 Å². The zero-order valence-corrected chi connectivity index (χ0v) is 14.5. The monoisotopic (exact) mass is 377 g/mol. The van der Waals surface area contributed by atoms with Gasteiger partial charge in [0.05, 0.1) is 6.42 Å². The van der Waals surface area contributed by atoms with Gasteiger partial charge in [-0.1, -0.05) is 53.4 Å². The van der Waals surface area contributed by atoms with Crippen LogP contribution in [0.3, 0.4) is 0 Å². The molecule has 0 aliphatic heterocycles. The second kappa shape index (κ2) is 8.17. The van der Waals surface area contributed by atoms with Gasteiger partial charge in [0.2, 0.25) is 11.0 Å². The quantitative estimate of drug-likeness (QED) is 0.514. The van der Waals surface area contributed by atoms with E-state index in [0.29, 0.717) is 9.47 Å². The minimum Gasteiger partial charge on any atom is -0.300 e. The van der Waals surface area contributed by atoms with Crippen LogP contribution in [-0.2, 0) is 17.0 Å². The van der Waals surface area contributed by atoms with Gasteiger partial charge in [0, 0.05) is 11.3 Å². The van der Waals surface area contributed by atoms with Crippen LogP contribution in [0.25, 0.3) is 0 Å². The molecule has 0 radical (unpaired) electrons. The maximum atomic E-state index is 13.6. The normalized spacial score (nSPS) is 10.6. The maximum absolute atomic E-state index is 13.6. The summed E-state index contributed by atoms with van der Waals surface area (Å²) in [5, 5.41) is 10.9. The van der Waals surface area contributed by atoms with E-state index in [1.54, 1.807) is 0 Å². The van der Waals surface area contributed by atoms with Crippen LogP contribution >= 0.6 is 23.1 Å². The lowest BCUT2D eigenvalue weighted by Crippen LogP contribution is -2.14. The number of amides is 1. The average molecular weight is 377 g/mol. The molecule has 4 nitrogen and oxygen atoms in total. The molecule has 8 heteroatoms. The summed E-state index contributed by atoms with van der Waals surface area (Å²) in [5.74, 6) is -0.899. The number of nitrogens with zero attached hydrogens (tertiary/aromatic N) is 2. The molecule has 0 saturated heterocycles. The number of hydrogen-bond acceptors (Lipinski definition) is 5. The molecule has 3 aromatic rings. The van der Waals surface area contributed by atoms with E-state index in [1.807, 2.05) is 30.3 Å². The Morgan fingerprint density at radius 3 is 2.72 bits per heavy atom. The highest BCUT2D eigenvalue weighted by Crippen LogP contribution is 2.29. The van der Waals surface area contributed by atoms with Gasteiger partial charge in [-0.2, -0.15) is 0 Å². The number of carbonyl (C=O) groups is 1. The second-order valence-corrected chi connectivity index (χ2v) is 7.31. The standard InChI is InChI=1S/C17H13F2N3OS2/c18-13-6-7-14(19)12(9-13)10-24-17-22-21-16(25-17)20-15(23)8-11-4-2-1-3-5-11/h1-7,9H,8,10H2,(H,20,21,23). The van der Waals surface area contributed by atoms with Crippen molar-refractivity contribution in [3.63, 3.8) is 0 Å². The molecule has 0 unspecified atom stereocenters. The van der Waals surface area contributed by atoms with Crippen LogP contribution < -0.4 is 5.32 Å². The molecule has 0 spiro atoms. The van der Waals surface area contributed by atoms with Gasteiger partial charge in [-0.05, 0) is 23.8 Å². The molecule has 1 N–H and O–H groups in total. The van der Waals surface area contributed by atoms with Gasteiger partial charge in [-0.25, -0.2) is 8.78 Å². The van der Waals surface area contributed by atoms with E-state index in [4.69, 9.17) is 0 Å². The molecule has 25 heavy (non-hydrogen) atoms. The highest BCUT2D eigenvalue weighted by atomic mass is 32.2. The topological polar surface area (TPSA) is 54.9 Å². The Balaban J connectivity index is 1.55. The number of benzene rings is 2. The van der Waals surface area contributed by atoms with Crippen LogP contribution in [0.2, 0.25) is 0 Å². The van der Waals surface area contributed by atoms with Crippen LogP contribution in [0.15, 0.2) is 52.9 Å². The van der Waals surface area contributed by atoms with Gasteiger partial charge >= 0.3 is 0 Å². The Bertz CT molecular complexity index is 871. The van der Waals surface area contributed by atoms with Gasteiger partial charge in [-0.3, -0.25) is 4.79 Å². The molecule has 128 valence electrons. The first-order valence-electron chi connectivity index (χ1n) is 7.34. The summed E-state index contributed by atoms with van der Waals surface area (Å²) < 4.78 is 27.3. The molecule has 1 aromatic heterocycles. The highest BCUT2D eigenvalue weighted by molar-refractivity contribution is 8.00. The molecule has 0 atom stereocenters. The molecule has 0 fully saturated rings. The van der Waals surface area contributed by atoms with Crippen LogP contribution in [-0.4, -0.2) is 16.1 Å². The summed E-state index contributed by atoms with van der Waals surface area (Å²) in [7, 11) is 0. The molecular weight excluding hydrogens is 364 g/mol. The SMILES string of the molecule is O=C(Cc1ccccc1)Nc1nnc(SCc2cc(F)ccc2F)s1. The van der Waals surface area contributed by atoms with E-state index in [0.717, 1.165) is 23.8 Å². The molecule has 0 aliphatic rings. The average Bonchev–Trinajstić information content (AvgIpc) is 3.04. The first kappa shape index (κ1) is 17.5. The zero-order valence-electron chi connectivity index (χ0n) is 12.9. The molecule has 3 rings (SSSR count). The van der Waals surface area contributed by atoms with Crippen molar-refractivity contribution in [3.05, 3.63) is 71.3 Å². The molecule has 0 saturated carbocycles. The van der Waals surface area contributed by atoms with E-state index in [1.165, 1.54) is 23.1 Å². The Kier molecular flexibility index (Phi) is 5.72. The number of anilines is 1. The fourth-order valence-corrected chi connectivity index (χ4v) is 3.80. The number of thioether (sulfide) groups is 1. The molecule has 1 amide bonds. The number of halogens is 2. The van der Waals surface area contributed by atoms with Crippen molar-refractivity contribution in [1.82, 2.24) is 10.2 Å². The second-order valence-electron chi connectivity index (χ2n) is 5.11. The first-order chi connectivity index (χ1) is 12.1. The van der Waals surface area contributed by atoms with Crippen molar-refractivity contribution in [2.24, 2.45) is 0 Å². The summed E-state index contributed by atoms with van der Waals surface area (Å²) in [6, 6.07) is 12.7. The van der Waals surface area contributed by atoms with E-state index in [9.17, 15) is 13.6 Å². The summed E-state index contributed by atoms with van der Waals surface area (Å²) in [5.41, 5.74) is 1.16. The molecule has 1 heterocycles. The minimum absolute atomic E-state index is 0.185. The lowest BCUT2D eigenvalue weighted by molar-refractivity contribution is -0.115. The van der Waals surface area contributed by atoms with E-state index >= 15 is 0 Å². The van der Waals surface area contributed by atoms with E-state index < -0.39 is 11.6 Å². The predicted octanol–water partition coefficient (Wildman–Crippen LogP) is 4.29. The fraction of sp³-hybridized carbons (Fsp3) is 0.118. The number of carbonyl (C=O) groups excluding carboxylic acids is 1. The van der Waals surface area contributed by atoms with E-state index in [-0.39, 0.29) is 23.6 Å². The number of rotatable bonds is 6. The van der Waals surface area contributed by atoms with Gasteiger partial charge < -0.3 is 5.32 Å². The summed E-state index contributed by atoms with van der Waals surface area (Å²) in [6.07, 6.45) is 0.247. The lowest BCUT2D eigenvalue weighted by Gasteiger charge is -2.01. The molecular formula is C17H13F2N3OS2. The largest absolute Gasteiger partial charge is 0.300 e. The highest BCUT2D eigenvalue weighted by Gasteiger charge is 2.11. The Morgan fingerprint density at radius 2 is 1.92 bits per heavy atom. The third-order valence-electron chi connectivity index (χ3n) is 3.22. The van der Waals surface area contributed by atoms with Crippen molar-refractivity contribution in [2.45, 2.75) is 16.5 Å². The van der Waals surface area contributed by atoms with Crippen LogP contribution in [0.4, 0.5) is 13.9 Å². The van der Waals surface area contributed by atoms with Crippen LogP contribution in [0.1, 0.15) is 11.1 Å². The zero-order chi connectivity index (χ0) is 17.6. The van der Waals surface area contributed by atoms with Crippen LogP contribution in [0.5, 0.6) is 0 Å². The Morgan fingerprint density at radius 1 is 1.12 bits per heavy atom. The minimum atomic E-state index is -0.483. The van der Waals surface area contributed by atoms with Crippen molar-refractivity contribution >= 4 is 34.1 Å². The van der Waals surface area contributed by atoms with Gasteiger partial charge in [0.25, 0.3) is 0 Å². The molecule has 0 bridgehead atoms. The van der Waals surface area contributed by atoms with Crippen LogP contribution in [0, 0.1) is 11.6 Å². The van der Waals surface area contributed by atoms with Crippen molar-refractivity contribution in [2.75, 3.05) is 5.32 Å².